The number of nitrogens with zero attached hydrogens (tertiary/aromatic N) is 4. The first kappa shape index (κ1) is 16.8. The lowest BCUT2D eigenvalue weighted by Gasteiger charge is -2.15. The van der Waals surface area contributed by atoms with Crippen molar-refractivity contribution in [2.75, 3.05) is 24.4 Å². The smallest absolute Gasteiger partial charge is 0.316 e. The molecule has 0 saturated carbocycles. The highest BCUT2D eigenvalue weighted by atomic mass is 79.9. The maximum Gasteiger partial charge on any atom is 0.316 e. The van der Waals surface area contributed by atoms with E-state index in [1.807, 2.05) is 0 Å². The third-order valence-corrected chi connectivity index (χ3v) is 5.06. The number of anilines is 1. The second-order valence-corrected chi connectivity index (χ2v) is 8.46. The summed E-state index contributed by atoms with van der Waals surface area (Å²) in [7, 11) is -4.20. The molecule has 0 aliphatic carbocycles. The van der Waals surface area contributed by atoms with Crippen molar-refractivity contribution >= 4 is 32.0 Å². The number of hydrogen-bond donors (Lipinski definition) is 2. The van der Waals surface area contributed by atoms with Crippen LogP contribution >= 0.6 is 15.9 Å². The molecule has 0 unspecified atom stereocenters. The van der Waals surface area contributed by atoms with Crippen LogP contribution in [-0.4, -0.2) is 48.1 Å². The van der Waals surface area contributed by atoms with E-state index in [0.29, 0.717) is 6.42 Å². The molecule has 1 aromatic carbocycles. The van der Waals surface area contributed by atoms with E-state index in [1.54, 1.807) is 13.8 Å². The van der Waals surface area contributed by atoms with Gasteiger partial charge in [-0.25, -0.2) is 19.9 Å². The second-order valence-electron chi connectivity index (χ2n) is 6.17. The number of halogens is 1. The van der Waals surface area contributed by atoms with E-state index < -0.39 is 70.4 Å². The summed E-state index contributed by atoms with van der Waals surface area (Å²) in [5.41, 5.74) is -0.0556. The second kappa shape index (κ2) is 11.2. The Morgan fingerprint density at radius 1 is 1.12 bits per heavy atom. The largest absolute Gasteiger partial charge is 0.473 e. The van der Waals surface area contributed by atoms with E-state index in [4.69, 9.17) is 17.7 Å². The van der Waals surface area contributed by atoms with Gasteiger partial charge < -0.3 is 9.47 Å². The highest BCUT2D eigenvalue weighted by Gasteiger charge is 2.19. The van der Waals surface area contributed by atoms with Gasteiger partial charge in [-0.15, -0.1) is 0 Å². The fourth-order valence-electron chi connectivity index (χ4n) is 2.22. The third-order valence-electron chi connectivity index (χ3n) is 3.62. The van der Waals surface area contributed by atoms with Crippen molar-refractivity contribution in [3.05, 3.63) is 52.9 Å². The van der Waals surface area contributed by atoms with Gasteiger partial charge in [-0.3, -0.25) is 4.72 Å². The summed E-state index contributed by atoms with van der Waals surface area (Å²) in [5, 5.41) is 0. The standard InChI is InChI=1S/C20H23BrN6O4S/c1-3-8-26-32(28,29)27-18-17(15-4-6-16(21)7-5-15)19(25-13-24-18)30-9-10-31-20-22-11-14(2)12-23-20/h4-7,11-13,26H,3,8-10H2,1-2H3,(H,24,25,27)/i4D,5D,6D,7D,9D2. The number of aromatic nitrogens is 4. The molecule has 3 aromatic rings. The summed E-state index contributed by atoms with van der Waals surface area (Å²) in [4.78, 5) is 15.7. The molecule has 0 bridgehead atoms. The van der Waals surface area contributed by atoms with Gasteiger partial charge in [0.1, 0.15) is 19.5 Å². The zero-order valence-corrected chi connectivity index (χ0v) is 19.5. The molecule has 0 saturated heterocycles. The van der Waals surface area contributed by atoms with Crippen molar-refractivity contribution in [1.82, 2.24) is 24.7 Å². The van der Waals surface area contributed by atoms with Crippen LogP contribution in [0.1, 0.15) is 27.1 Å². The molecule has 3 rings (SSSR count). The van der Waals surface area contributed by atoms with E-state index in [2.05, 4.69) is 45.3 Å². The maximum absolute atomic E-state index is 12.6. The summed E-state index contributed by atoms with van der Waals surface area (Å²) in [6.45, 7) is 0.303. The summed E-state index contributed by atoms with van der Waals surface area (Å²) in [6.07, 6.45) is 4.33. The van der Waals surface area contributed by atoms with Crippen LogP contribution in [0, 0.1) is 6.92 Å². The molecule has 0 spiro atoms. The third kappa shape index (κ3) is 6.84. The van der Waals surface area contributed by atoms with Crippen LogP contribution in [0.25, 0.3) is 11.1 Å². The van der Waals surface area contributed by atoms with Crippen molar-refractivity contribution in [1.29, 1.82) is 0 Å². The number of rotatable bonds is 11. The molecule has 170 valence electrons. The Morgan fingerprint density at radius 2 is 1.84 bits per heavy atom. The SMILES string of the molecule is [2H]c1c([2H])c(-c2c(NS(=O)(=O)NCCC)ncnc2OC([2H])([2H])COc2ncc(C)cn2)c([2H])c([2H])c1Br. The normalized spacial score (nSPS) is 14.3. The molecular weight excluding hydrogens is 500 g/mol. The zero-order valence-electron chi connectivity index (χ0n) is 23.1. The van der Waals surface area contributed by atoms with Gasteiger partial charge in [0.25, 0.3) is 10.2 Å². The number of ether oxygens (including phenoxy) is 2. The molecule has 2 N–H and O–H groups in total. The predicted octanol–water partition coefficient (Wildman–Crippen LogP) is 3.12. The molecule has 10 nitrogen and oxygen atoms in total. The Balaban J connectivity index is 2.11. The van der Waals surface area contributed by atoms with Crippen molar-refractivity contribution in [2.45, 2.75) is 20.3 Å². The highest BCUT2D eigenvalue weighted by Crippen LogP contribution is 2.34. The van der Waals surface area contributed by atoms with Gasteiger partial charge in [0.2, 0.25) is 5.88 Å². The first-order valence-corrected chi connectivity index (χ1v) is 11.5. The molecule has 2 aromatic heterocycles. The number of nitrogens with one attached hydrogen (secondary N) is 2. The van der Waals surface area contributed by atoms with Crippen molar-refractivity contribution in [3.63, 3.8) is 0 Å². The number of aryl methyl sites for hydroxylation is 1. The molecule has 0 aliphatic heterocycles. The molecule has 32 heavy (non-hydrogen) atoms. The maximum atomic E-state index is 12.6. The zero-order chi connectivity index (χ0) is 28.3. The van der Waals surface area contributed by atoms with Crippen LogP contribution in [-0.2, 0) is 10.2 Å². The Hall–Kier alpha value is -2.83. The average molecular weight is 529 g/mol. The van der Waals surface area contributed by atoms with E-state index >= 15 is 0 Å². The Bertz CT molecular complexity index is 1400. The molecular formula is C20H23BrN6O4S. The highest BCUT2D eigenvalue weighted by molar-refractivity contribution is 9.10. The molecule has 0 amide bonds. The van der Waals surface area contributed by atoms with Crippen molar-refractivity contribution in [2.24, 2.45) is 0 Å². The fourth-order valence-corrected chi connectivity index (χ4v) is 3.37. The minimum Gasteiger partial charge on any atom is -0.473 e. The first-order chi connectivity index (χ1) is 17.8. The molecule has 0 radical (unpaired) electrons. The molecule has 2 heterocycles. The first-order valence-electron chi connectivity index (χ1n) is 12.3. The minimum atomic E-state index is -4.20. The van der Waals surface area contributed by atoms with Gasteiger partial charge in [-0.1, -0.05) is 34.9 Å². The lowest BCUT2D eigenvalue weighted by Crippen LogP contribution is -2.31. The predicted molar refractivity (Wildman–Crippen MR) is 124 cm³/mol. The minimum absolute atomic E-state index is 0.0967. The Kier molecular flexibility index (Phi) is 5.84. The monoisotopic (exact) mass is 528 g/mol. The van der Waals surface area contributed by atoms with Gasteiger partial charge in [-0.2, -0.15) is 13.1 Å². The van der Waals surface area contributed by atoms with E-state index in [9.17, 15) is 8.42 Å². The lowest BCUT2D eigenvalue weighted by atomic mass is 10.1. The molecule has 0 aliphatic rings. The van der Waals surface area contributed by atoms with E-state index in [0.717, 1.165) is 11.9 Å². The van der Waals surface area contributed by atoms with Gasteiger partial charge in [0.15, 0.2) is 5.82 Å². The van der Waals surface area contributed by atoms with Gasteiger partial charge >= 0.3 is 6.01 Å². The molecule has 12 heteroatoms. The fraction of sp³-hybridized carbons (Fsp3) is 0.300. The van der Waals surface area contributed by atoms with Crippen LogP contribution in [0.4, 0.5) is 5.82 Å². The molecule has 0 atom stereocenters. The Labute approximate surface area is 203 Å². The summed E-state index contributed by atoms with van der Waals surface area (Å²) >= 11 is 3.01. The number of hydrogen-bond acceptors (Lipinski definition) is 8. The van der Waals surface area contributed by atoms with E-state index in [-0.39, 0.29) is 17.0 Å². The van der Waals surface area contributed by atoms with E-state index in [1.165, 1.54) is 12.4 Å². The topological polar surface area (TPSA) is 128 Å². The van der Waals surface area contributed by atoms with Crippen LogP contribution in [0.15, 0.2) is 47.4 Å². The van der Waals surface area contributed by atoms with Crippen molar-refractivity contribution in [3.8, 4) is 23.0 Å². The number of benzene rings is 1. The summed E-state index contributed by atoms with van der Waals surface area (Å²) in [6, 6.07) is -2.17. The summed E-state index contributed by atoms with van der Waals surface area (Å²) in [5.74, 6) is -1.02. The van der Waals surface area contributed by atoms with Gasteiger partial charge in [-0.05, 0) is 36.6 Å². The lowest BCUT2D eigenvalue weighted by molar-refractivity contribution is 0.202. The average Bonchev–Trinajstić information content (AvgIpc) is 2.86. The Morgan fingerprint density at radius 3 is 2.53 bits per heavy atom. The van der Waals surface area contributed by atoms with Crippen molar-refractivity contribution < 1.29 is 26.1 Å². The quantitative estimate of drug-likeness (QED) is 0.388. The van der Waals surface area contributed by atoms with Crippen LogP contribution < -0.4 is 18.9 Å². The van der Waals surface area contributed by atoms with Crippen LogP contribution in [0.3, 0.4) is 0 Å². The summed E-state index contributed by atoms with van der Waals surface area (Å²) < 4.78 is 89.9. The van der Waals surface area contributed by atoms with Gasteiger partial charge in [0, 0.05) is 23.4 Å². The van der Waals surface area contributed by atoms with Crippen LogP contribution in [0.5, 0.6) is 11.9 Å². The van der Waals surface area contributed by atoms with Crippen LogP contribution in [0.2, 0.25) is 0 Å². The molecule has 0 fully saturated rings. The van der Waals surface area contributed by atoms with Gasteiger partial charge in [0.05, 0.1) is 13.8 Å².